The molecule has 1 aliphatic carbocycles. The average molecular weight is 390 g/mol. The molecule has 1 saturated carbocycles. The standard InChI is InChI=1S/C21H22N6O2/c28-19(14-10-24-20-23-8-9-26(20)11-14)22-7-6-16-17-12-27(13-18(16)17)21(29)25-15-4-2-1-3-5-15/h1-5,8-11,16-18H,6-7,12-13H2,(H,22,28)(H,25,29)/t16?,17-,18+. The van der Waals surface area contributed by atoms with Gasteiger partial charge >= 0.3 is 6.03 Å². The Hall–Kier alpha value is -3.42. The smallest absolute Gasteiger partial charge is 0.321 e. The second-order valence-corrected chi connectivity index (χ2v) is 7.71. The van der Waals surface area contributed by atoms with Crippen molar-refractivity contribution in [1.82, 2.24) is 24.6 Å². The van der Waals surface area contributed by atoms with Crippen LogP contribution < -0.4 is 10.6 Å². The molecule has 3 aromatic rings. The van der Waals surface area contributed by atoms with Gasteiger partial charge in [-0.1, -0.05) is 18.2 Å². The van der Waals surface area contributed by atoms with E-state index < -0.39 is 0 Å². The number of hydrogen-bond donors (Lipinski definition) is 2. The number of para-hydroxylation sites is 1. The number of hydrogen-bond acceptors (Lipinski definition) is 4. The molecule has 2 N–H and O–H groups in total. The summed E-state index contributed by atoms with van der Waals surface area (Å²) < 4.78 is 1.73. The van der Waals surface area contributed by atoms with Crippen molar-refractivity contribution >= 4 is 23.4 Å². The molecule has 8 heteroatoms. The Labute approximate surface area is 168 Å². The Morgan fingerprint density at radius 2 is 1.90 bits per heavy atom. The van der Waals surface area contributed by atoms with E-state index in [0.29, 0.717) is 35.6 Å². The van der Waals surface area contributed by atoms with E-state index in [1.54, 1.807) is 29.2 Å². The molecule has 29 heavy (non-hydrogen) atoms. The number of fused-ring (bicyclic) bond motifs is 2. The summed E-state index contributed by atoms with van der Waals surface area (Å²) in [6.07, 6.45) is 7.64. The topological polar surface area (TPSA) is 91.6 Å². The Morgan fingerprint density at radius 1 is 1.10 bits per heavy atom. The highest BCUT2D eigenvalue weighted by Crippen LogP contribution is 2.53. The van der Waals surface area contributed by atoms with Crippen LogP contribution >= 0.6 is 0 Å². The number of nitrogens with zero attached hydrogens (tertiary/aromatic N) is 4. The van der Waals surface area contributed by atoms with Crippen LogP contribution in [-0.4, -0.2) is 50.8 Å². The van der Waals surface area contributed by atoms with Crippen molar-refractivity contribution in [1.29, 1.82) is 0 Å². The van der Waals surface area contributed by atoms with Gasteiger partial charge in [-0.15, -0.1) is 0 Å². The van der Waals surface area contributed by atoms with E-state index in [9.17, 15) is 9.59 Å². The zero-order chi connectivity index (χ0) is 19.8. The fraction of sp³-hybridized carbons (Fsp3) is 0.333. The minimum atomic E-state index is -0.122. The van der Waals surface area contributed by atoms with Gasteiger partial charge in [0.25, 0.3) is 5.91 Å². The molecule has 8 nitrogen and oxygen atoms in total. The fourth-order valence-electron chi connectivity index (χ4n) is 4.36. The van der Waals surface area contributed by atoms with E-state index in [1.807, 2.05) is 35.2 Å². The number of anilines is 1. The minimum absolute atomic E-state index is 0.0298. The number of piperidine rings is 1. The highest BCUT2D eigenvalue weighted by Gasteiger charge is 2.55. The van der Waals surface area contributed by atoms with Crippen molar-refractivity contribution in [2.75, 3.05) is 25.0 Å². The Kier molecular flexibility index (Phi) is 4.38. The lowest BCUT2D eigenvalue weighted by Gasteiger charge is -2.20. The third kappa shape index (κ3) is 3.53. The molecule has 5 rings (SSSR count). The molecule has 0 radical (unpaired) electrons. The molecule has 1 saturated heterocycles. The minimum Gasteiger partial charge on any atom is -0.352 e. The summed E-state index contributed by atoms with van der Waals surface area (Å²) in [6, 6.07) is 9.49. The largest absolute Gasteiger partial charge is 0.352 e. The number of urea groups is 1. The SMILES string of the molecule is O=C(NCCC1[C@H]2CN(C(=O)Nc3ccccc3)C[C@@H]12)c1cnc2nccn2c1. The van der Waals surface area contributed by atoms with Crippen molar-refractivity contribution in [2.24, 2.45) is 17.8 Å². The van der Waals surface area contributed by atoms with Crippen LogP contribution in [0.25, 0.3) is 5.78 Å². The van der Waals surface area contributed by atoms with Crippen LogP contribution in [0, 0.1) is 17.8 Å². The number of likely N-dealkylation sites (tertiary alicyclic amines) is 1. The Morgan fingerprint density at radius 3 is 2.69 bits per heavy atom. The number of carbonyl (C=O) groups is 2. The van der Waals surface area contributed by atoms with Crippen molar-refractivity contribution in [3.8, 4) is 0 Å². The van der Waals surface area contributed by atoms with Crippen molar-refractivity contribution in [2.45, 2.75) is 6.42 Å². The zero-order valence-corrected chi connectivity index (χ0v) is 15.9. The molecular formula is C21H22N6O2. The predicted molar refractivity (Wildman–Crippen MR) is 107 cm³/mol. The van der Waals surface area contributed by atoms with Gasteiger partial charge in [0.2, 0.25) is 5.78 Å². The molecule has 1 aromatic carbocycles. The number of benzene rings is 1. The monoisotopic (exact) mass is 390 g/mol. The van der Waals surface area contributed by atoms with E-state index in [4.69, 9.17) is 0 Å². The van der Waals surface area contributed by atoms with Crippen molar-refractivity contribution < 1.29 is 9.59 Å². The average Bonchev–Trinajstić information content (AvgIpc) is 3.11. The van der Waals surface area contributed by atoms with Gasteiger partial charge in [-0.3, -0.25) is 9.20 Å². The van der Waals surface area contributed by atoms with Crippen LogP contribution in [-0.2, 0) is 0 Å². The lowest BCUT2D eigenvalue weighted by Crippen LogP contribution is -2.35. The number of rotatable bonds is 5. The lowest BCUT2D eigenvalue weighted by molar-refractivity contribution is 0.0951. The summed E-state index contributed by atoms with van der Waals surface area (Å²) >= 11 is 0. The quantitative estimate of drug-likeness (QED) is 0.699. The van der Waals surface area contributed by atoms with Gasteiger partial charge in [0.1, 0.15) is 0 Å². The van der Waals surface area contributed by atoms with E-state index in [1.165, 1.54) is 0 Å². The zero-order valence-electron chi connectivity index (χ0n) is 15.9. The molecule has 3 atom stereocenters. The van der Waals surface area contributed by atoms with Gasteiger partial charge in [-0.25, -0.2) is 14.8 Å². The molecule has 2 aliphatic rings. The lowest BCUT2D eigenvalue weighted by atomic mass is 10.2. The van der Waals surface area contributed by atoms with Crippen LogP contribution in [0.15, 0.2) is 55.1 Å². The van der Waals surface area contributed by atoms with E-state index in [-0.39, 0.29) is 11.9 Å². The summed E-state index contributed by atoms with van der Waals surface area (Å²) in [7, 11) is 0. The Bertz CT molecular complexity index is 1040. The van der Waals surface area contributed by atoms with Gasteiger partial charge in [0.15, 0.2) is 0 Å². The van der Waals surface area contributed by atoms with E-state index >= 15 is 0 Å². The van der Waals surface area contributed by atoms with Gasteiger partial charge in [-0.05, 0) is 36.3 Å². The second-order valence-electron chi connectivity index (χ2n) is 7.71. The number of carbonyl (C=O) groups excluding carboxylic acids is 2. The highest BCUT2D eigenvalue weighted by atomic mass is 16.2. The third-order valence-corrected chi connectivity index (χ3v) is 5.95. The van der Waals surface area contributed by atoms with Gasteiger partial charge in [0.05, 0.1) is 5.56 Å². The molecule has 2 aromatic heterocycles. The summed E-state index contributed by atoms with van der Waals surface area (Å²) in [4.78, 5) is 34.8. The fourth-order valence-corrected chi connectivity index (χ4v) is 4.36. The first-order valence-corrected chi connectivity index (χ1v) is 9.87. The number of amides is 3. The van der Waals surface area contributed by atoms with Crippen molar-refractivity contribution in [3.05, 3.63) is 60.7 Å². The molecule has 1 aliphatic heterocycles. The second kappa shape index (κ2) is 7.20. The van der Waals surface area contributed by atoms with Crippen LogP contribution in [0.3, 0.4) is 0 Å². The highest BCUT2D eigenvalue weighted by molar-refractivity contribution is 5.93. The first-order valence-electron chi connectivity index (χ1n) is 9.87. The predicted octanol–water partition coefficient (Wildman–Crippen LogP) is 2.26. The molecule has 148 valence electrons. The summed E-state index contributed by atoms with van der Waals surface area (Å²) in [5, 5.41) is 5.92. The Balaban J connectivity index is 1.06. The normalized spacial score (nSPS) is 22.3. The van der Waals surface area contributed by atoms with Crippen LogP contribution in [0.4, 0.5) is 10.5 Å². The van der Waals surface area contributed by atoms with Crippen LogP contribution in [0.5, 0.6) is 0 Å². The number of nitrogens with one attached hydrogen (secondary N) is 2. The van der Waals surface area contributed by atoms with Crippen molar-refractivity contribution in [3.63, 3.8) is 0 Å². The first-order chi connectivity index (χ1) is 14.2. The first kappa shape index (κ1) is 17.7. The number of aromatic nitrogens is 3. The molecule has 3 heterocycles. The van der Waals surface area contributed by atoms with Crippen LogP contribution in [0.1, 0.15) is 16.8 Å². The summed E-state index contributed by atoms with van der Waals surface area (Å²) in [6.45, 7) is 2.22. The number of imidazole rings is 1. The van der Waals surface area contributed by atoms with Gasteiger partial charge in [0, 0.05) is 50.1 Å². The molecule has 0 bridgehead atoms. The maximum absolute atomic E-state index is 12.4. The molecular weight excluding hydrogens is 368 g/mol. The molecule has 3 amide bonds. The molecule has 0 spiro atoms. The maximum Gasteiger partial charge on any atom is 0.321 e. The maximum atomic E-state index is 12.4. The van der Waals surface area contributed by atoms with Gasteiger partial charge < -0.3 is 15.5 Å². The summed E-state index contributed by atoms with van der Waals surface area (Å²) in [5.74, 6) is 2.15. The third-order valence-electron chi connectivity index (χ3n) is 5.95. The molecule has 1 unspecified atom stereocenters. The molecule has 2 fully saturated rings. The summed E-state index contributed by atoms with van der Waals surface area (Å²) in [5.41, 5.74) is 1.34. The van der Waals surface area contributed by atoms with Gasteiger partial charge in [-0.2, -0.15) is 0 Å². The van der Waals surface area contributed by atoms with Crippen LogP contribution in [0.2, 0.25) is 0 Å². The van der Waals surface area contributed by atoms with E-state index in [0.717, 1.165) is 25.2 Å². The van der Waals surface area contributed by atoms with E-state index in [2.05, 4.69) is 20.6 Å².